The lowest BCUT2D eigenvalue weighted by atomic mass is 10.3. The van der Waals surface area contributed by atoms with E-state index < -0.39 is 0 Å². The normalized spacial score (nSPS) is 16.9. The van der Waals surface area contributed by atoms with Crippen LogP contribution in [0.3, 0.4) is 0 Å². The molecule has 1 heterocycles. The molecule has 0 aromatic carbocycles. The van der Waals surface area contributed by atoms with E-state index in [0.29, 0.717) is 17.1 Å². The van der Waals surface area contributed by atoms with E-state index in [-0.39, 0.29) is 5.91 Å². The van der Waals surface area contributed by atoms with Crippen molar-refractivity contribution in [2.75, 3.05) is 6.54 Å². The Bertz CT molecular complexity index is 412. The van der Waals surface area contributed by atoms with Crippen molar-refractivity contribution in [1.29, 1.82) is 0 Å². The van der Waals surface area contributed by atoms with Crippen molar-refractivity contribution in [2.45, 2.75) is 38.1 Å². The molecule has 1 amide bonds. The van der Waals surface area contributed by atoms with Crippen molar-refractivity contribution in [3.8, 4) is 0 Å². The van der Waals surface area contributed by atoms with Gasteiger partial charge < -0.3 is 5.32 Å². The third-order valence-corrected chi connectivity index (χ3v) is 4.10. The smallest absolute Gasteiger partial charge is 0.269 e. The van der Waals surface area contributed by atoms with Crippen molar-refractivity contribution < 1.29 is 4.79 Å². The van der Waals surface area contributed by atoms with Gasteiger partial charge in [0.2, 0.25) is 0 Å². The van der Waals surface area contributed by atoms with Gasteiger partial charge in [-0.3, -0.25) is 9.48 Å². The van der Waals surface area contributed by atoms with E-state index >= 15 is 0 Å². The van der Waals surface area contributed by atoms with Crippen LogP contribution in [0.2, 0.25) is 0 Å². The first kappa shape index (κ1) is 12.6. The number of carbonyl (C=O) groups is 1. The summed E-state index contributed by atoms with van der Waals surface area (Å²) in [6.07, 6.45) is 2.55. The fourth-order valence-electron chi connectivity index (χ4n) is 1.87. The van der Waals surface area contributed by atoms with Gasteiger partial charge in [0.15, 0.2) is 0 Å². The molecule has 4 nitrogen and oxygen atoms in total. The Morgan fingerprint density at radius 3 is 3.00 bits per heavy atom. The van der Waals surface area contributed by atoms with Gasteiger partial charge in [0.1, 0.15) is 5.69 Å². The highest BCUT2D eigenvalue weighted by atomic mass is 79.9. The first-order chi connectivity index (χ1) is 8.11. The molecular formula is C12H18BrN3O. The van der Waals surface area contributed by atoms with E-state index in [4.69, 9.17) is 0 Å². The van der Waals surface area contributed by atoms with Crippen LogP contribution in [0.25, 0.3) is 0 Å². The molecule has 1 N–H and O–H groups in total. The maximum atomic E-state index is 12.0. The summed E-state index contributed by atoms with van der Waals surface area (Å²) < 4.78 is 1.74. The molecule has 0 bridgehead atoms. The Hall–Kier alpha value is -0.840. The van der Waals surface area contributed by atoms with Crippen LogP contribution in [0.1, 0.15) is 35.9 Å². The SMILES string of the molecule is CCn1nc(C)cc1C(=O)NCC(Br)C1CC1. The average Bonchev–Trinajstić information content (AvgIpc) is 3.09. The molecule has 1 saturated carbocycles. The minimum absolute atomic E-state index is 0.0300. The molecule has 0 radical (unpaired) electrons. The van der Waals surface area contributed by atoms with Gasteiger partial charge >= 0.3 is 0 Å². The summed E-state index contributed by atoms with van der Waals surface area (Å²) in [7, 11) is 0. The second-order valence-corrected chi connectivity index (χ2v) is 5.73. The summed E-state index contributed by atoms with van der Waals surface area (Å²) in [5, 5.41) is 7.23. The predicted molar refractivity (Wildman–Crippen MR) is 70.4 cm³/mol. The number of carbonyl (C=O) groups excluding carboxylic acids is 1. The lowest BCUT2D eigenvalue weighted by molar-refractivity contribution is 0.0943. The molecule has 0 saturated heterocycles. The van der Waals surface area contributed by atoms with Crippen LogP contribution in [0, 0.1) is 12.8 Å². The topological polar surface area (TPSA) is 46.9 Å². The summed E-state index contributed by atoms with van der Waals surface area (Å²) in [4.78, 5) is 12.4. The first-order valence-electron chi connectivity index (χ1n) is 6.08. The second kappa shape index (κ2) is 5.21. The Balaban J connectivity index is 1.93. The van der Waals surface area contributed by atoms with Gasteiger partial charge in [0.05, 0.1) is 5.69 Å². The number of hydrogen-bond acceptors (Lipinski definition) is 2. The molecule has 94 valence electrons. The van der Waals surface area contributed by atoms with E-state index in [2.05, 4.69) is 26.3 Å². The summed E-state index contributed by atoms with van der Waals surface area (Å²) in [5.74, 6) is 0.714. The number of nitrogens with one attached hydrogen (secondary N) is 1. The van der Waals surface area contributed by atoms with Crippen LogP contribution >= 0.6 is 15.9 Å². The van der Waals surface area contributed by atoms with E-state index in [0.717, 1.165) is 18.2 Å². The maximum absolute atomic E-state index is 12.0. The van der Waals surface area contributed by atoms with Crippen LogP contribution in [0.4, 0.5) is 0 Å². The molecule has 5 heteroatoms. The number of hydrogen-bond donors (Lipinski definition) is 1. The minimum atomic E-state index is -0.0300. The van der Waals surface area contributed by atoms with Crippen molar-refractivity contribution in [2.24, 2.45) is 5.92 Å². The number of rotatable bonds is 5. The number of aromatic nitrogens is 2. The fraction of sp³-hybridized carbons (Fsp3) is 0.667. The highest BCUT2D eigenvalue weighted by Gasteiger charge is 2.29. The molecule has 1 atom stereocenters. The molecule has 1 fully saturated rings. The molecule has 17 heavy (non-hydrogen) atoms. The zero-order chi connectivity index (χ0) is 12.4. The highest BCUT2D eigenvalue weighted by Crippen LogP contribution is 2.36. The van der Waals surface area contributed by atoms with Crippen molar-refractivity contribution in [1.82, 2.24) is 15.1 Å². The van der Waals surface area contributed by atoms with Gasteiger partial charge in [-0.25, -0.2) is 0 Å². The van der Waals surface area contributed by atoms with E-state index in [1.54, 1.807) is 4.68 Å². The van der Waals surface area contributed by atoms with Crippen LogP contribution in [0.15, 0.2) is 6.07 Å². The van der Waals surface area contributed by atoms with Crippen LogP contribution in [0.5, 0.6) is 0 Å². The van der Waals surface area contributed by atoms with E-state index in [1.807, 2.05) is 19.9 Å². The third kappa shape index (κ3) is 3.09. The van der Waals surface area contributed by atoms with Crippen molar-refractivity contribution >= 4 is 21.8 Å². The molecule has 0 aliphatic heterocycles. The Morgan fingerprint density at radius 1 is 1.71 bits per heavy atom. The molecule has 0 spiro atoms. The van der Waals surface area contributed by atoms with Crippen molar-refractivity contribution in [3.63, 3.8) is 0 Å². The van der Waals surface area contributed by atoms with Crippen molar-refractivity contribution in [3.05, 3.63) is 17.5 Å². The Morgan fingerprint density at radius 2 is 2.41 bits per heavy atom. The van der Waals surface area contributed by atoms with Gasteiger partial charge in [0, 0.05) is 17.9 Å². The molecule has 1 unspecified atom stereocenters. The maximum Gasteiger partial charge on any atom is 0.269 e. The number of halogens is 1. The van der Waals surface area contributed by atoms with Gasteiger partial charge in [-0.05, 0) is 38.7 Å². The van der Waals surface area contributed by atoms with Gasteiger partial charge in [-0.2, -0.15) is 5.10 Å². The van der Waals surface area contributed by atoms with Crippen LogP contribution < -0.4 is 5.32 Å². The summed E-state index contributed by atoms with van der Waals surface area (Å²) in [5.41, 5.74) is 1.54. The van der Waals surface area contributed by atoms with Gasteiger partial charge in [-0.1, -0.05) is 15.9 Å². The number of nitrogens with zero attached hydrogens (tertiary/aromatic N) is 2. The Kier molecular flexibility index (Phi) is 3.86. The standard InChI is InChI=1S/C12H18BrN3O/c1-3-16-11(6-8(2)15-16)12(17)14-7-10(13)9-4-5-9/h6,9-10H,3-5,7H2,1-2H3,(H,14,17). The lowest BCUT2D eigenvalue weighted by Crippen LogP contribution is -2.31. The lowest BCUT2D eigenvalue weighted by Gasteiger charge is -2.10. The van der Waals surface area contributed by atoms with Gasteiger partial charge in [0.25, 0.3) is 5.91 Å². The van der Waals surface area contributed by atoms with E-state index in [9.17, 15) is 4.79 Å². The number of aryl methyl sites for hydroxylation is 2. The predicted octanol–water partition coefficient (Wildman–Crippen LogP) is 2.11. The highest BCUT2D eigenvalue weighted by molar-refractivity contribution is 9.09. The third-order valence-electron chi connectivity index (χ3n) is 3.03. The number of alkyl halides is 1. The largest absolute Gasteiger partial charge is 0.350 e. The molecule has 1 aliphatic rings. The molecule has 1 aliphatic carbocycles. The zero-order valence-corrected chi connectivity index (χ0v) is 11.8. The van der Waals surface area contributed by atoms with E-state index in [1.165, 1.54) is 12.8 Å². The second-order valence-electron chi connectivity index (χ2n) is 4.55. The monoisotopic (exact) mass is 299 g/mol. The van der Waals surface area contributed by atoms with Gasteiger partial charge in [-0.15, -0.1) is 0 Å². The molecular weight excluding hydrogens is 282 g/mol. The summed E-state index contributed by atoms with van der Waals surface area (Å²) >= 11 is 3.61. The fourth-order valence-corrected chi connectivity index (χ4v) is 2.57. The van der Waals surface area contributed by atoms with Crippen LogP contribution in [-0.2, 0) is 6.54 Å². The quantitative estimate of drug-likeness (QED) is 0.847. The number of amides is 1. The Labute approximate surface area is 110 Å². The molecule has 2 rings (SSSR count). The zero-order valence-electron chi connectivity index (χ0n) is 10.2. The average molecular weight is 300 g/mol. The summed E-state index contributed by atoms with van der Waals surface area (Å²) in [6.45, 7) is 5.30. The molecule has 1 aromatic rings. The summed E-state index contributed by atoms with van der Waals surface area (Å²) in [6, 6.07) is 1.83. The van der Waals surface area contributed by atoms with Crippen LogP contribution in [-0.4, -0.2) is 27.1 Å². The first-order valence-corrected chi connectivity index (χ1v) is 7.00. The molecule has 1 aromatic heterocycles. The minimum Gasteiger partial charge on any atom is -0.350 e.